The highest BCUT2D eigenvalue weighted by Gasteiger charge is 2.14. The Kier molecular flexibility index (Phi) is 5.87. The standard InChI is InChI=1S/C17H16BrFN2O2/c1-11(12-6-2-4-8-14(12)18)21-16(22)10-20-17(23)13-7-3-5-9-15(13)19/h2-9,11H,10H2,1H3,(H,20,23)(H,21,22)/t11-/m0/s1. The van der Waals surface area contributed by atoms with E-state index in [0.29, 0.717) is 0 Å². The van der Waals surface area contributed by atoms with Gasteiger partial charge in [0.2, 0.25) is 5.91 Å². The highest BCUT2D eigenvalue weighted by molar-refractivity contribution is 9.10. The van der Waals surface area contributed by atoms with Crippen molar-refractivity contribution in [1.82, 2.24) is 10.6 Å². The third kappa shape index (κ3) is 4.63. The lowest BCUT2D eigenvalue weighted by atomic mass is 10.1. The van der Waals surface area contributed by atoms with Crippen molar-refractivity contribution in [2.75, 3.05) is 6.54 Å². The molecular formula is C17H16BrFN2O2. The Labute approximate surface area is 142 Å². The average molecular weight is 379 g/mol. The summed E-state index contributed by atoms with van der Waals surface area (Å²) in [4.78, 5) is 23.8. The quantitative estimate of drug-likeness (QED) is 0.839. The van der Waals surface area contributed by atoms with Crippen molar-refractivity contribution in [2.24, 2.45) is 0 Å². The van der Waals surface area contributed by atoms with Crippen LogP contribution in [0.3, 0.4) is 0 Å². The van der Waals surface area contributed by atoms with Crippen molar-refractivity contribution in [3.05, 3.63) is 69.9 Å². The molecule has 0 spiro atoms. The van der Waals surface area contributed by atoms with Gasteiger partial charge in [-0.05, 0) is 30.7 Å². The Balaban J connectivity index is 1.89. The lowest BCUT2D eigenvalue weighted by Crippen LogP contribution is -2.38. The van der Waals surface area contributed by atoms with Crippen LogP contribution in [0.2, 0.25) is 0 Å². The molecular weight excluding hydrogens is 363 g/mol. The summed E-state index contributed by atoms with van der Waals surface area (Å²) in [6, 6.07) is 13.0. The minimum Gasteiger partial charge on any atom is -0.348 e. The van der Waals surface area contributed by atoms with E-state index in [4.69, 9.17) is 0 Å². The number of carbonyl (C=O) groups excluding carboxylic acids is 2. The van der Waals surface area contributed by atoms with Crippen LogP contribution in [0.25, 0.3) is 0 Å². The summed E-state index contributed by atoms with van der Waals surface area (Å²) in [7, 11) is 0. The summed E-state index contributed by atoms with van der Waals surface area (Å²) in [6.07, 6.45) is 0. The van der Waals surface area contributed by atoms with Gasteiger partial charge in [0.15, 0.2) is 0 Å². The van der Waals surface area contributed by atoms with Gasteiger partial charge in [-0.1, -0.05) is 46.3 Å². The topological polar surface area (TPSA) is 58.2 Å². The van der Waals surface area contributed by atoms with E-state index in [-0.39, 0.29) is 24.1 Å². The molecule has 2 aromatic carbocycles. The Hall–Kier alpha value is -2.21. The molecule has 0 aliphatic heterocycles. The van der Waals surface area contributed by atoms with Crippen molar-refractivity contribution in [3.8, 4) is 0 Å². The Bertz CT molecular complexity index is 721. The highest BCUT2D eigenvalue weighted by atomic mass is 79.9. The molecule has 1 atom stereocenters. The molecule has 2 aromatic rings. The molecule has 2 rings (SSSR count). The van der Waals surface area contributed by atoms with Gasteiger partial charge in [0.05, 0.1) is 18.2 Å². The Morgan fingerprint density at radius 3 is 2.48 bits per heavy atom. The maximum atomic E-state index is 13.5. The molecule has 0 bridgehead atoms. The van der Waals surface area contributed by atoms with Crippen molar-refractivity contribution >= 4 is 27.7 Å². The highest BCUT2D eigenvalue weighted by Crippen LogP contribution is 2.22. The van der Waals surface area contributed by atoms with E-state index in [9.17, 15) is 14.0 Å². The van der Waals surface area contributed by atoms with Crippen LogP contribution >= 0.6 is 15.9 Å². The molecule has 2 amide bonds. The first-order chi connectivity index (χ1) is 11.0. The molecule has 2 N–H and O–H groups in total. The lowest BCUT2D eigenvalue weighted by molar-refractivity contribution is -0.120. The van der Waals surface area contributed by atoms with Crippen LogP contribution in [0.5, 0.6) is 0 Å². The van der Waals surface area contributed by atoms with E-state index >= 15 is 0 Å². The van der Waals surface area contributed by atoms with Crippen LogP contribution in [0.15, 0.2) is 53.0 Å². The molecule has 0 unspecified atom stereocenters. The number of amides is 2. The van der Waals surface area contributed by atoms with Gasteiger partial charge < -0.3 is 10.6 Å². The molecule has 0 aliphatic carbocycles. The molecule has 120 valence electrons. The number of hydrogen-bond acceptors (Lipinski definition) is 2. The van der Waals surface area contributed by atoms with Crippen LogP contribution in [0.4, 0.5) is 4.39 Å². The zero-order chi connectivity index (χ0) is 16.8. The summed E-state index contributed by atoms with van der Waals surface area (Å²) in [5, 5.41) is 5.19. The first-order valence-corrected chi connectivity index (χ1v) is 7.85. The zero-order valence-corrected chi connectivity index (χ0v) is 14.1. The van der Waals surface area contributed by atoms with Crippen molar-refractivity contribution in [2.45, 2.75) is 13.0 Å². The molecule has 0 fully saturated rings. The van der Waals surface area contributed by atoms with Crippen LogP contribution in [-0.2, 0) is 4.79 Å². The summed E-state index contributed by atoms with van der Waals surface area (Å²) in [5.74, 6) is -1.59. The van der Waals surface area contributed by atoms with E-state index in [0.717, 1.165) is 10.0 Å². The smallest absolute Gasteiger partial charge is 0.254 e. The van der Waals surface area contributed by atoms with Crippen molar-refractivity contribution in [3.63, 3.8) is 0 Å². The fourth-order valence-electron chi connectivity index (χ4n) is 2.10. The second-order valence-electron chi connectivity index (χ2n) is 4.97. The molecule has 0 heterocycles. The minimum absolute atomic E-state index is 0.0841. The second kappa shape index (κ2) is 7.87. The molecule has 4 nitrogen and oxygen atoms in total. The minimum atomic E-state index is -0.619. The number of hydrogen-bond donors (Lipinski definition) is 2. The van der Waals surface area contributed by atoms with Gasteiger partial charge in [-0.3, -0.25) is 9.59 Å². The first-order valence-electron chi connectivity index (χ1n) is 7.05. The van der Waals surface area contributed by atoms with Gasteiger partial charge in [0.1, 0.15) is 5.82 Å². The SMILES string of the molecule is C[C@H](NC(=O)CNC(=O)c1ccccc1F)c1ccccc1Br. The van der Waals surface area contributed by atoms with Crippen molar-refractivity contribution < 1.29 is 14.0 Å². The first kappa shape index (κ1) is 17.1. The van der Waals surface area contributed by atoms with Gasteiger partial charge >= 0.3 is 0 Å². The monoisotopic (exact) mass is 378 g/mol. The maximum absolute atomic E-state index is 13.5. The Morgan fingerprint density at radius 1 is 1.13 bits per heavy atom. The molecule has 0 aliphatic rings. The number of rotatable bonds is 5. The third-order valence-electron chi connectivity index (χ3n) is 3.28. The summed E-state index contributed by atoms with van der Waals surface area (Å²) in [6.45, 7) is 1.62. The van der Waals surface area contributed by atoms with E-state index in [1.54, 1.807) is 6.07 Å². The second-order valence-corrected chi connectivity index (χ2v) is 5.83. The van der Waals surface area contributed by atoms with E-state index in [1.807, 2.05) is 31.2 Å². The van der Waals surface area contributed by atoms with E-state index < -0.39 is 11.7 Å². The summed E-state index contributed by atoms with van der Waals surface area (Å²) >= 11 is 3.42. The predicted octanol–water partition coefficient (Wildman–Crippen LogP) is 3.20. The van der Waals surface area contributed by atoms with Crippen LogP contribution in [0, 0.1) is 5.82 Å². The van der Waals surface area contributed by atoms with Gasteiger partial charge in [-0.25, -0.2) is 4.39 Å². The summed E-state index contributed by atoms with van der Waals surface area (Å²) < 4.78 is 14.4. The third-order valence-corrected chi connectivity index (χ3v) is 4.00. The lowest BCUT2D eigenvalue weighted by Gasteiger charge is -2.16. The number of halogens is 2. The van der Waals surface area contributed by atoms with Gasteiger partial charge in [0.25, 0.3) is 5.91 Å². The van der Waals surface area contributed by atoms with Crippen LogP contribution < -0.4 is 10.6 Å². The average Bonchev–Trinajstić information content (AvgIpc) is 2.53. The largest absolute Gasteiger partial charge is 0.348 e. The van der Waals surface area contributed by atoms with Crippen molar-refractivity contribution in [1.29, 1.82) is 0 Å². The van der Waals surface area contributed by atoms with E-state index in [1.165, 1.54) is 18.2 Å². The summed E-state index contributed by atoms with van der Waals surface area (Å²) in [5.41, 5.74) is 0.848. The van der Waals surface area contributed by atoms with Crippen LogP contribution in [-0.4, -0.2) is 18.4 Å². The van der Waals surface area contributed by atoms with Gasteiger partial charge in [0, 0.05) is 4.47 Å². The predicted molar refractivity (Wildman–Crippen MR) is 89.4 cm³/mol. The number of benzene rings is 2. The molecule has 0 saturated heterocycles. The molecule has 0 radical (unpaired) electrons. The van der Waals surface area contributed by atoms with Gasteiger partial charge in [-0.15, -0.1) is 0 Å². The fraction of sp³-hybridized carbons (Fsp3) is 0.176. The fourth-order valence-corrected chi connectivity index (χ4v) is 2.73. The van der Waals surface area contributed by atoms with E-state index in [2.05, 4.69) is 26.6 Å². The molecule has 0 saturated carbocycles. The van der Waals surface area contributed by atoms with Gasteiger partial charge in [-0.2, -0.15) is 0 Å². The van der Waals surface area contributed by atoms with Crippen LogP contribution in [0.1, 0.15) is 28.9 Å². The number of carbonyl (C=O) groups is 2. The Morgan fingerprint density at radius 2 is 1.78 bits per heavy atom. The zero-order valence-electron chi connectivity index (χ0n) is 12.5. The normalized spacial score (nSPS) is 11.6. The molecule has 6 heteroatoms. The number of nitrogens with one attached hydrogen (secondary N) is 2. The molecule has 0 aromatic heterocycles. The maximum Gasteiger partial charge on any atom is 0.254 e. The molecule has 23 heavy (non-hydrogen) atoms.